The van der Waals surface area contributed by atoms with Crippen LogP contribution in [0.15, 0.2) is 0 Å². The topological polar surface area (TPSA) is 34.1 Å². The Morgan fingerprint density at radius 2 is 1.17 bits per heavy atom. The molecule has 0 N–H and O–H groups in total. The predicted molar refractivity (Wildman–Crippen MR) is 27.5 cm³/mol. The summed E-state index contributed by atoms with van der Waals surface area (Å²) in [5, 5.41) is 0. The van der Waals surface area contributed by atoms with E-state index in [0.29, 0.717) is 0 Å². The molecule has 2 nitrogen and oxygen atoms in total. The molecule has 0 aromatic rings. The molecule has 0 spiro atoms. The molecule has 0 amide bonds. The summed E-state index contributed by atoms with van der Waals surface area (Å²) in [5.74, 6) is 0. The second-order valence-corrected chi connectivity index (χ2v) is 4.05. The van der Waals surface area contributed by atoms with Crippen LogP contribution < -0.4 is 0 Å². The second kappa shape index (κ2) is 3.03. The lowest BCUT2D eigenvalue weighted by Crippen LogP contribution is -1.63. The molecule has 0 atom stereocenters. The van der Waals surface area contributed by atoms with Gasteiger partial charge >= 0.3 is 8.26 Å². The zero-order valence-electron chi connectivity index (χ0n) is 2.43. The molecule has 6 heavy (non-hydrogen) atoms. The SMILES string of the molecule is O=S(=O)(Cl)Cl.[P]. The highest BCUT2D eigenvalue weighted by Crippen LogP contribution is 1.98. The molecular weight excluding hydrogens is 166 g/mol. The lowest BCUT2D eigenvalue weighted by atomic mass is 15.9. The molecule has 0 rings (SSSR count). The predicted octanol–water partition coefficient (Wildman–Crippen LogP) is 1.57. The number of rotatable bonds is 0. The van der Waals surface area contributed by atoms with Crippen molar-refractivity contribution in [1.29, 1.82) is 0 Å². The second-order valence-electron chi connectivity index (χ2n) is 0.378. The van der Waals surface area contributed by atoms with Crippen molar-refractivity contribution in [2.24, 2.45) is 0 Å². The van der Waals surface area contributed by atoms with E-state index in [1.807, 2.05) is 0 Å². The van der Waals surface area contributed by atoms with E-state index in [0.717, 1.165) is 0 Å². The Bertz CT molecular complexity index is 94.7. The van der Waals surface area contributed by atoms with Gasteiger partial charge in [-0.1, -0.05) is 0 Å². The average molecular weight is 166 g/mol. The van der Waals surface area contributed by atoms with Gasteiger partial charge in [-0.2, -0.15) is 8.42 Å². The van der Waals surface area contributed by atoms with Crippen molar-refractivity contribution in [2.45, 2.75) is 0 Å². The Morgan fingerprint density at radius 3 is 1.17 bits per heavy atom. The standard InChI is InChI=1S/Cl2O2S.P/c1-5(2,3)4;. The first-order valence-electron chi connectivity index (χ1n) is 0.642. The van der Waals surface area contributed by atoms with Crippen LogP contribution in [-0.4, -0.2) is 8.42 Å². The van der Waals surface area contributed by atoms with Crippen LogP contribution in [0.4, 0.5) is 0 Å². The summed E-state index contributed by atoms with van der Waals surface area (Å²) in [6.45, 7) is 0. The molecule has 0 saturated carbocycles. The minimum atomic E-state index is -3.72. The smallest absolute Gasteiger partial charge is 0.195 e. The normalized spacial score (nSPS) is 9.67. The van der Waals surface area contributed by atoms with E-state index < -0.39 is 8.26 Å². The van der Waals surface area contributed by atoms with Gasteiger partial charge in [0.2, 0.25) is 0 Å². The fraction of sp³-hybridized carbons (Fsp3) is 0. The summed E-state index contributed by atoms with van der Waals surface area (Å²) >= 11 is 0. The Labute approximate surface area is 48.4 Å². The average Bonchev–Trinajstić information content (AvgIpc) is 0.722. The molecule has 0 fully saturated rings. The summed E-state index contributed by atoms with van der Waals surface area (Å²) in [7, 11) is 4.81. The molecule has 0 aromatic carbocycles. The van der Waals surface area contributed by atoms with E-state index in [2.05, 4.69) is 21.4 Å². The molecule has 0 aliphatic rings. The monoisotopic (exact) mass is 165 g/mol. The van der Waals surface area contributed by atoms with Crippen molar-refractivity contribution in [3.8, 4) is 0 Å². The van der Waals surface area contributed by atoms with Crippen LogP contribution in [0.3, 0.4) is 0 Å². The minimum Gasteiger partial charge on any atom is -0.195 e. The van der Waals surface area contributed by atoms with Crippen LogP contribution >= 0.6 is 31.3 Å². The molecular formula is Cl2O2PS. The first kappa shape index (κ1) is 10.0. The molecule has 0 aromatic heterocycles. The summed E-state index contributed by atoms with van der Waals surface area (Å²) in [5.41, 5.74) is 0. The van der Waals surface area contributed by atoms with Crippen LogP contribution in [0.2, 0.25) is 0 Å². The number of hydrogen-bond donors (Lipinski definition) is 0. The lowest BCUT2D eigenvalue weighted by molar-refractivity contribution is 0.621. The summed E-state index contributed by atoms with van der Waals surface area (Å²) in [4.78, 5) is 0. The third-order valence-corrected chi connectivity index (χ3v) is 0. The molecule has 0 aliphatic carbocycles. The Balaban J connectivity index is 0. The fourth-order valence-corrected chi connectivity index (χ4v) is 0. The van der Waals surface area contributed by atoms with Gasteiger partial charge in [-0.25, -0.2) is 0 Å². The molecule has 0 saturated heterocycles. The molecule has 0 unspecified atom stereocenters. The zero-order chi connectivity index (χ0) is 4.50. The largest absolute Gasteiger partial charge is 0.317 e. The van der Waals surface area contributed by atoms with Gasteiger partial charge in [-0.15, -0.1) is 0 Å². The molecule has 0 bridgehead atoms. The third kappa shape index (κ3) is 84.4. The van der Waals surface area contributed by atoms with Crippen molar-refractivity contribution in [3.05, 3.63) is 0 Å². The van der Waals surface area contributed by atoms with Gasteiger partial charge in [0.15, 0.2) is 0 Å². The van der Waals surface area contributed by atoms with E-state index in [1.54, 1.807) is 0 Å². The van der Waals surface area contributed by atoms with Gasteiger partial charge in [0.1, 0.15) is 0 Å². The maximum absolute atomic E-state index is 9.16. The van der Waals surface area contributed by atoms with Gasteiger partial charge in [-0.3, -0.25) is 0 Å². The number of halogens is 2. The Hall–Kier alpha value is 0.960. The van der Waals surface area contributed by atoms with E-state index in [-0.39, 0.29) is 9.90 Å². The quantitative estimate of drug-likeness (QED) is 0.404. The van der Waals surface area contributed by atoms with Crippen molar-refractivity contribution in [1.82, 2.24) is 0 Å². The van der Waals surface area contributed by atoms with E-state index in [9.17, 15) is 0 Å². The summed E-state index contributed by atoms with van der Waals surface area (Å²) in [6, 6.07) is 0. The van der Waals surface area contributed by atoms with Crippen LogP contribution in [0.5, 0.6) is 0 Å². The van der Waals surface area contributed by atoms with E-state index in [1.165, 1.54) is 0 Å². The van der Waals surface area contributed by atoms with Crippen molar-refractivity contribution < 1.29 is 8.42 Å². The first-order chi connectivity index (χ1) is 2.00. The maximum atomic E-state index is 9.16. The molecule has 3 radical (unpaired) electrons. The highest BCUT2D eigenvalue weighted by atomic mass is 36.0. The van der Waals surface area contributed by atoms with Crippen molar-refractivity contribution in [2.75, 3.05) is 0 Å². The fourth-order valence-electron chi connectivity index (χ4n) is 0. The molecule has 0 heterocycles. The zero-order valence-corrected chi connectivity index (χ0v) is 5.65. The van der Waals surface area contributed by atoms with Crippen LogP contribution in [-0.2, 0) is 8.26 Å². The van der Waals surface area contributed by atoms with E-state index >= 15 is 0 Å². The van der Waals surface area contributed by atoms with Gasteiger partial charge in [0, 0.05) is 31.3 Å². The number of hydrogen-bond acceptors (Lipinski definition) is 2. The van der Waals surface area contributed by atoms with E-state index in [4.69, 9.17) is 8.42 Å². The first-order valence-corrected chi connectivity index (χ1v) is 3.78. The lowest BCUT2D eigenvalue weighted by Gasteiger charge is -1.61. The molecule has 37 valence electrons. The van der Waals surface area contributed by atoms with Gasteiger partial charge in [0.05, 0.1) is 0 Å². The summed E-state index contributed by atoms with van der Waals surface area (Å²) in [6.07, 6.45) is 0. The molecule has 6 heteroatoms. The van der Waals surface area contributed by atoms with Crippen molar-refractivity contribution >= 4 is 39.5 Å². The minimum absolute atomic E-state index is 0. The highest BCUT2D eigenvalue weighted by molar-refractivity contribution is 8.31. The third-order valence-electron chi connectivity index (χ3n) is 0. The van der Waals surface area contributed by atoms with Crippen molar-refractivity contribution in [3.63, 3.8) is 0 Å². The van der Waals surface area contributed by atoms with Crippen LogP contribution in [0.1, 0.15) is 0 Å². The Morgan fingerprint density at radius 1 is 1.17 bits per heavy atom. The van der Waals surface area contributed by atoms with Crippen LogP contribution in [0, 0.1) is 0 Å². The maximum Gasteiger partial charge on any atom is 0.317 e. The van der Waals surface area contributed by atoms with Gasteiger partial charge in [-0.05, 0) is 0 Å². The molecule has 0 aliphatic heterocycles. The van der Waals surface area contributed by atoms with Gasteiger partial charge in [0.25, 0.3) is 0 Å². The van der Waals surface area contributed by atoms with Gasteiger partial charge < -0.3 is 0 Å². The highest BCUT2D eigenvalue weighted by Gasteiger charge is 1.88. The Kier molecular flexibility index (Phi) is 5.07. The van der Waals surface area contributed by atoms with Crippen LogP contribution in [0.25, 0.3) is 0 Å². The summed E-state index contributed by atoms with van der Waals surface area (Å²) < 4.78 is 18.3.